The smallest absolute Gasteiger partial charge is 0.408 e. The second-order valence-electron chi connectivity index (χ2n) is 11.6. The van der Waals surface area contributed by atoms with Gasteiger partial charge in [-0.2, -0.15) is 13.2 Å². The van der Waals surface area contributed by atoms with Crippen LogP contribution in [0.4, 0.5) is 17.6 Å². The normalized spacial score (nSPS) is 23.1. The first-order chi connectivity index (χ1) is 20.5. The number of phenols is 1. The molecule has 0 aromatic heterocycles. The minimum atomic E-state index is -4.58. The molecule has 0 bridgehead atoms. The maximum Gasteiger partial charge on any atom is 0.408 e. The Labute approximate surface area is 249 Å². The van der Waals surface area contributed by atoms with Crippen LogP contribution in [0.1, 0.15) is 59.5 Å². The number of piperidine rings is 1. The number of amides is 1. The Morgan fingerprint density at radius 1 is 1.02 bits per heavy atom. The molecule has 2 aliphatic heterocycles. The number of rotatable bonds is 12. The summed E-state index contributed by atoms with van der Waals surface area (Å²) in [6.07, 6.45) is -2.37. The molecular formula is C32H41F4N3O4. The van der Waals surface area contributed by atoms with Gasteiger partial charge >= 0.3 is 6.18 Å². The van der Waals surface area contributed by atoms with Crippen molar-refractivity contribution in [3.05, 3.63) is 65.0 Å². The molecule has 2 aliphatic rings. The molecule has 2 saturated heterocycles. The summed E-state index contributed by atoms with van der Waals surface area (Å²) in [5.74, 6) is -4.38. The summed E-state index contributed by atoms with van der Waals surface area (Å²) in [7, 11) is 0. The number of alkyl halides is 3. The molecule has 2 aromatic carbocycles. The van der Waals surface area contributed by atoms with Gasteiger partial charge in [-0.05, 0) is 88.0 Å². The molecule has 0 saturated carbocycles. The number of aliphatic hydroxyl groups excluding tert-OH is 1. The monoisotopic (exact) mass is 607 g/mol. The molecule has 0 radical (unpaired) electrons. The van der Waals surface area contributed by atoms with Crippen LogP contribution in [-0.2, 0) is 4.79 Å². The summed E-state index contributed by atoms with van der Waals surface area (Å²) in [4.78, 5) is 31.1. The Hall–Kier alpha value is -3.02. The Balaban J connectivity index is 1.70. The number of nitrogens with one attached hydrogen (secondary N) is 1. The average Bonchev–Trinajstić information content (AvgIpc) is 3.48. The van der Waals surface area contributed by atoms with E-state index in [4.69, 9.17) is 5.11 Å². The van der Waals surface area contributed by atoms with E-state index in [9.17, 15) is 32.3 Å². The number of unbranched alkanes of at least 4 members (excludes halogenated alkanes) is 1. The number of hydrogen-bond acceptors (Lipinski definition) is 6. The molecule has 2 aromatic rings. The zero-order valence-electron chi connectivity index (χ0n) is 24.5. The highest BCUT2D eigenvalue weighted by Gasteiger charge is 2.52. The molecule has 11 heteroatoms. The van der Waals surface area contributed by atoms with Gasteiger partial charge in [-0.3, -0.25) is 9.59 Å². The van der Waals surface area contributed by atoms with E-state index in [1.807, 2.05) is 4.90 Å². The molecular weight excluding hydrogens is 566 g/mol. The van der Waals surface area contributed by atoms with Gasteiger partial charge in [0.15, 0.2) is 5.78 Å². The number of Topliss-reactive ketones (excluding diaryl/α,β-unsaturated/α-hetero) is 1. The number of halogens is 4. The quantitative estimate of drug-likeness (QED) is 0.185. The maximum atomic E-state index is 14.9. The van der Waals surface area contributed by atoms with Crippen LogP contribution in [0, 0.1) is 24.6 Å². The Bertz CT molecular complexity index is 1260. The summed E-state index contributed by atoms with van der Waals surface area (Å²) in [6.45, 7) is 3.93. The summed E-state index contributed by atoms with van der Waals surface area (Å²) < 4.78 is 56.8. The Kier molecular flexibility index (Phi) is 11.2. The highest BCUT2D eigenvalue weighted by molar-refractivity contribution is 5.99. The fourth-order valence-electron chi connectivity index (χ4n) is 6.59. The predicted molar refractivity (Wildman–Crippen MR) is 154 cm³/mol. The third-order valence-electron chi connectivity index (χ3n) is 8.73. The largest absolute Gasteiger partial charge is 0.508 e. The third-order valence-corrected chi connectivity index (χ3v) is 8.73. The number of carbonyl (C=O) groups excluding carboxylic acids is 2. The van der Waals surface area contributed by atoms with Crippen molar-refractivity contribution in [3.63, 3.8) is 0 Å². The standard InChI is InChI=1S/C32H41F4N3O4/c1-21-24(10-5-11-27(21)33)29-25(30(42)22-8-4-9-23(41)18-22)19-38(15-3-2-13-37-14-7-17-40)20-26(29)31(43)39-16-6-12-28(39)32(34,35)36/h4-5,8-11,18,25-26,28-29,37,40-41H,2-3,6-7,12-17,19-20H2,1H3/t25-,26+,28-,29+/m0/s1. The molecule has 0 spiro atoms. The maximum absolute atomic E-state index is 14.9. The number of benzene rings is 2. The highest BCUT2D eigenvalue weighted by atomic mass is 19.4. The highest BCUT2D eigenvalue weighted by Crippen LogP contribution is 2.44. The van der Waals surface area contributed by atoms with Gasteiger partial charge in [-0.1, -0.05) is 24.3 Å². The molecule has 3 N–H and O–H groups in total. The van der Waals surface area contributed by atoms with E-state index < -0.39 is 41.7 Å². The van der Waals surface area contributed by atoms with Gasteiger partial charge in [0, 0.05) is 43.6 Å². The van der Waals surface area contributed by atoms with E-state index >= 15 is 0 Å². The van der Waals surface area contributed by atoms with Crippen LogP contribution in [0.5, 0.6) is 5.75 Å². The number of aliphatic hydroxyl groups is 1. The third kappa shape index (κ3) is 7.93. The van der Waals surface area contributed by atoms with Gasteiger partial charge in [0.1, 0.15) is 17.6 Å². The second kappa shape index (κ2) is 14.6. The van der Waals surface area contributed by atoms with Crippen molar-refractivity contribution >= 4 is 11.7 Å². The number of nitrogens with zero attached hydrogens (tertiary/aromatic N) is 2. The van der Waals surface area contributed by atoms with Gasteiger partial charge in [-0.25, -0.2) is 4.39 Å². The number of carbonyl (C=O) groups is 2. The van der Waals surface area contributed by atoms with Crippen molar-refractivity contribution in [1.82, 2.24) is 15.1 Å². The zero-order valence-corrected chi connectivity index (χ0v) is 24.5. The Morgan fingerprint density at radius 2 is 1.74 bits per heavy atom. The first-order valence-corrected chi connectivity index (χ1v) is 15.0. The lowest BCUT2D eigenvalue weighted by Gasteiger charge is -2.45. The van der Waals surface area contributed by atoms with E-state index in [1.165, 1.54) is 30.3 Å². The van der Waals surface area contributed by atoms with Crippen LogP contribution in [0.15, 0.2) is 42.5 Å². The van der Waals surface area contributed by atoms with Crippen molar-refractivity contribution in [2.45, 2.75) is 57.2 Å². The number of aromatic hydroxyl groups is 1. The SMILES string of the molecule is Cc1c(F)cccc1[C@@H]1[C@@H](C(=O)c2cccc(O)c2)CN(CCCCNCCCO)C[C@H]1C(=O)N1CCC[C@H]1C(F)(F)F. The van der Waals surface area contributed by atoms with Crippen LogP contribution in [0.2, 0.25) is 0 Å². The van der Waals surface area contributed by atoms with E-state index in [2.05, 4.69) is 5.32 Å². The van der Waals surface area contributed by atoms with Gasteiger partial charge in [-0.15, -0.1) is 0 Å². The number of ketones is 1. The second-order valence-corrected chi connectivity index (χ2v) is 11.6. The van der Waals surface area contributed by atoms with Gasteiger partial charge in [0.05, 0.1) is 5.92 Å². The summed E-state index contributed by atoms with van der Waals surface area (Å²) in [6, 6.07) is 8.42. The van der Waals surface area contributed by atoms with Crippen LogP contribution in [-0.4, -0.2) is 89.8 Å². The lowest BCUT2D eigenvalue weighted by molar-refractivity contribution is -0.185. The molecule has 2 fully saturated rings. The van der Waals surface area contributed by atoms with E-state index in [1.54, 1.807) is 19.1 Å². The van der Waals surface area contributed by atoms with Crippen molar-refractivity contribution in [1.29, 1.82) is 0 Å². The summed E-state index contributed by atoms with van der Waals surface area (Å²) in [5.41, 5.74) is 0.919. The minimum absolute atomic E-state index is 0.0287. The minimum Gasteiger partial charge on any atom is -0.508 e. The fourth-order valence-corrected chi connectivity index (χ4v) is 6.59. The molecule has 1 amide bonds. The first kappa shape index (κ1) is 32.9. The van der Waals surface area contributed by atoms with E-state index in [0.29, 0.717) is 31.6 Å². The summed E-state index contributed by atoms with van der Waals surface area (Å²) in [5, 5.41) is 22.3. The topological polar surface area (TPSA) is 93.1 Å². The molecule has 43 heavy (non-hydrogen) atoms. The van der Waals surface area contributed by atoms with Crippen LogP contribution >= 0.6 is 0 Å². The lowest BCUT2D eigenvalue weighted by atomic mass is 9.69. The van der Waals surface area contributed by atoms with Crippen LogP contribution in [0.25, 0.3) is 0 Å². The predicted octanol–water partition coefficient (Wildman–Crippen LogP) is 4.66. The lowest BCUT2D eigenvalue weighted by Crippen LogP contribution is -2.55. The molecule has 0 aliphatic carbocycles. The van der Waals surface area contributed by atoms with Crippen molar-refractivity contribution < 1.29 is 37.4 Å². The molecule has 0 unspecified atom stereocenters. The molecule has 2 heterocycles. The molecule has 236 valence electrons. The van der Waals surface area contributed by atoms with Gasteiger partial charge in [0.2, 0.25) is 5.91 Å². The average molecular weight is 608 g/mol. The molecule has 4 rings (SSSR count). The van der Waals surface area contributed by atoms with Crippen molar-refractivity contribution in [2.75, 3.05) is 45.9 Å². The van der Waals surface area contributed by atoms with Crippen LogP contribution < -0.4 is 5.32 Å². The first-order valence-electron chi connectivity index (χ1n) is 15.0. The summed E-state index contributed by atoms with van der Waals surface area (Å²) >= 11 is 0. The van der Waals surface area contributed by atoms with Crippen molar-refractivity contribution in [3.8, 4) is 5.75 Å². The molecule has 7 nitrogen and oxygen atoms in total. The Morgan fingerprint density at radius 3 is 2.47 bits per heavy atom. The zero-order chi connectivity index (χ0) is 31.1. The fraction of sp³-hybridized carbons (Fsp3) is 0.562. The number of hydrogen-bond donors (Lipinski definition) is 3. The molecule has 4 atom stereocenters. The van der Waals surface area contributed by atoms with E-state index in [-0.39, 0.29) is 61.7 Å². The van der Waals surface area contributed by atoms with Crippen molar-refractivity contribution in [2.24, 2.45) is 11.8 Å². The van der Waals surface area contributed by atoms with Gasteiger partial charge in [0.25, 0.3) is 0 Å². The van der Waals surface area contributed by atoms with E-state index in [0.717, 1.165) is 17.7 Å². The van der Waals surface area contributed by atoms with Crippen LogP contribution in [0.3, 0.4) is 0 Å². The number of phenolic OH excluding ortho intramolecular Hbond substituents is 1. The van der Waals surface area contributed by atoms with Gasteiger partial charge < -0.3 is 25.3 Å². The number of likely N-dealkylation sites (tertiary alicyclic amines) is 2.